The zero-order chi connectivity index (χ0) is 19.3. The van der Waals surface area contributed by atoms with Crippen molar-refractivity contribution in [3.8, 4) is 5.75 Å². The molecule has 0 spiro atoms. The SMILES string of the molecule is Clc1cccc(Cl)c1COc1ccc(CNc2cccc3ccccc23)cc1. The lowest BCUT2D eigenvalue weighted by Gasteiger charge is -2.12. The summed E-state index contributed by atoms with van der Waals surface area (Å²) < 4.78 is 5.84. The molecule has 4 heteroatoms. The quantitative estimate of drug-likeness (QED) is 0.360. The fraction of sp³-hybridized carbons (Fsp3) is 0.0833. The van der Waals surface area contributed by atoms with Crippen LogP contribution in [0.2, 0.25) is 10.0 Å². The van der Waals surface area contributed by atoms with E-state index in [1.807, 2.05) is 30.3 Å². The van der Waals surface area contributed by atoms with E-state index in [4.69, 9.17) is 27.9 Å². The van der Waals surface area contributed by atoms with Crippen molar-refractivity contribution in [2.45, 2.75) is 13.2 Å². The molecular weight excluding hydrogens is 389 g/mol. The molecule has 28 heavy (non-hydrogen) atoms. The van der Waals surface area contributed by atoms with E-state index in [1.54, 1.807) is 0 Å². The van der Waals surface area contributed by atoms with Gasteiger partial charge in [0.2, 0.25) is 0 Å². The van der Waals surface area contributed by atoms with Gasteiger partial charge >= 0.3 is 0 Å². The number of anilines is 1. The predicted octanol–water partition coefficient (Wildman–Crippen LogP) is 7.34. The van der Waals surface area contributed by atoms with Crippen molar-refractivity contribution >= 4 is 39.7 Å². The van der Waals surface area contributed by atoms with Gasteiger partial charge < -0.3 is 10.1 Å². The lowest BCUT2D eigenvalue weighted by atomic mass is 10.1. The van der Waals surface area contributed by atoms with Crippen LogP contribution in [0.25, 0.3) is 10.8 Å². The predicted molar refractivity (Wildman–Crippen MR) is 119 cm³/mol. The second-order valence-electron chi connectivity index (χ2n) is 6.51. The number of hydrogen-bond acceptors (Lipinski definition) is 2. The molecule has 0 radical (unpaired) electrons. The summed E-state index contributed by atoms with van der Waals surface area (Å²) in [6.07, 6.45) is 0. The normalized spacial score (nSPS) is 10.8. The van der Waals surface area contributed by atoms with E-state index >= 15 is 0 Å². The van der Waals surface area contributed by atoms with Crippen molar-refractivity contribution in [2.75, 3.05) is 5.32 Å². The third-order valence-electron chi connectivity index (χ3n) is 4.64. The molecule has 140 valence electrons. The standard InChI is InChI=1S/C24H19Cl2NO/c25-22-8-4-9-23(26)21(22)16-28-19-13-11-17(12-14-19)15-27-24-10-3-6-18-5-1-2-7-20(18)24/h1-14,27H,15-16H2. The van der Waals surface area contributed by atoms with E-state index in [9.17, 15) is 0 Å². The van der Waals surface area contributed by atoms with Crippen LogP contribution in [0.4, 0.5) is 5.69 Å². The number of nitrogens with one attached hydrogen (secondary N) is 1. The van der Waals surface area contributed by atoms with Crippen LogP contribution in [0.1, 0.15) is 11.1 Å². The summed E-state index contributed by atoms with van der Waals surface area (Å²) in [4.78, 5) is 0. The second kappa shape index (κ2) is 8.55. The average molecular weight is 408 g/mol. The zero-order valence-corrected chi connectivity index (χ0v) is 16.7. The zero-order valence-electron chi connectivity index (χ0n) is 15.2. The van der Waals surface area contributed by atoms with Crippen LogP contribution in [0.5, 0.6) is 5.75 Å². The Labute approximate surface area is 174 Å². The van der Waals surface area contributed by atoms with E-state index in [-0.39, 0.29) is 0 Å². The summed E-state index contributed by atoms with van der Waals surface area (Å²) in [6, 6.07) is 28.2. The Kier molecular flexibility index (Phi) is 5.70. The van der Waals surface area contributed by atoms with Crippen LogP contribution in [0.3, 0.4) is 0 Å². The molecule has 0 aliphatic carbocycles. The van der Waals surface area contributed by atoms with Gasteiger partial charge in [-0.1, -0.05) is 77.8 Å². The first-order valence-electron chi connectivity index (χ1n) is 9.07. The van der Waals surface area contributed by atoms with Crippen LogP contribution in [0.15, 0.2) is 84.9 Å². The van der Waals surface area contributed by atoms with Gasteiger partial charge in [0.05, 0.1) is 0 Å². The fourth-order valence-electron chi connectivity index (χ4n) is 3.11. The maximum atomic E-state index is 6.19. The van der Waals surface area contributed by atoms with Gasteiger partial charge in [-0.05, 0) is 41.3 Å². The summed E-state index contributed by atoms with van der Waals surface area (Å²) in [7, 11) is 0. The molecule has 2 nitrogen and oxygen atoms in total. The van der Waals surface area contributed by atoms with Crippen molar-refractivity contribution in [2.24, 2.45) is 0 Å². The number of hydrogen-bond donors (Lipinski definition) is 1. The van der Waals surface area contributed by atoms with E-state index in [0.717, 1.165) is 23.5 Å². The number of halogens is 2. The third kappa shape index (κ3) is 4.24. The Morgan fingerprint density at radius 1 is 0.714 bits per heavy atom. The van der Waals surface area contributed by atoms with E-state index < -0.39 is 0 Å². The summed E-state index contributed by atoms with van der Waals surface area (Å²) in [5.41, 5.74) is 3.11. The molecule has 0 fully saturated rings. The summed E-state index contributed by atoms with van der Waals surface area (Å²) in [5, 5.41) is 7.20. The Morgan fingerprint density at radius 2 is 1.39 bits per heavy atom. The molecule has 0 atom stereocenters. The summed E-state index contributed by atoms with van der Waals surface area (Å²) in [6.45, 7) is 1.08. The van der Waals surface area contributed by atoms with Crippen molar-refractivity contribution in [1.29, 1.82) is 0 Å². The van der Waals surface area contributed by atoms with Crippen LogP contribution >= 0.6 is 23.2 Å². The molecule has 0 saturated heterocycles. The molecule has 1 N–H and O–H groups in total. The Morgan fingerprint density at radius 3 is 2.18 bits per heavy atom. The monoisotopic (exact) mass is 407 g/mol. The number of benzene rings is 4. The maximum Gasteiger partial charge on any atom is 0.119 e. The topological polar surface area (TPSA) is 21.3 Å². The largest absolute Gasteiger partial charge is 0.489 e. The van der Waals surface area contributed by atoms with Gasteiger partial charge in [0, 0.05) is 33.2 Å². The number of fused-ring (bicyclic) bond motifs is 1. The van der Waals surface area contributed by atoms with Crippen molar-refractivity contribution in [1.82, 2.24) is 0 Å². The maximum absolute atomic E-state index is 6.19. The Hall–Kier alpha value is -2.68. The molecule has 0 heterocycles. The Bertz CT molecular complexity index is 1070. The van der Waals surface area contributed by atoms with Crippen molar-refractivity contribution in [3.63, 3.8) is 0 Å². The highest BCUT2D eigenvalue weighted by Crippen LogP contribution is 2.26. The van der Waals surface area contributed by atoms with Gasteiger partial charge in [0.15, 0.2) is 0 Å². The first-order chi connectivity index (χ1) is 13.7. The number of rotatable bonds is 6. The molecule has 0 bridgehead atoms. The molecule has 4 aromatic carbocycles. The fourth-order valence-corrected chi connectivity index (χ4v) is 3.61. The van der Waals surface area contributed by atoms with Gasteiger partial charge in [-0.15, -0.1) is 0 Å². The van der Waals surface area contributed by atoms with Gasteiger partial charge in [-0.2, -0.15) is 0 Å². The lowest BCUT2D eigenvalue weighted by molar-refractivity contribution is 0.306. The highest BCUT2D eigenvalue weighted by atomic mass is 35.5. The van der Waals surface area contributed by atoms with Crippen LogP contribution in [-0.4, -0.2) is 0 Å². The molecule has 0 unspecified atom stereocenters. The molecule has 0 saturated carbocycles. The number of ether oxygens (including phenoxy) is 1. The van der Waals surface area contributed by atoms with Crippen LogP contribution in [0, 0.1) is 0 Å². The molecule has 0 amide bonds. The third-order valence-corrected chi connectivity index (χ3v) is 5.35. The van der Waals surface area contributed by atoms with E-state index in [2.05, 4.69) is 59.9 Å². The minimum atomic E-state index is 0.339. The minimum absolute atomic E-state index is 0.339. The molecular formula is C24H19Cl2NO. The smallest absolute Gasteiger partial charge is 0.119 e. The van der Waals surface area contributed by atoms with Crippen molar-refractivity contribution < 1.29 is 4.74 Å². The summed E-state index contributed by atoms with van der Waals surface area (Å²) in [5.74, 6) is 0.782. The van der Waals surface area contributed by atoms with Crippen molar-refractivity contribution in [3.05, 3.63) is 106 Å². The molecule has 0 aliphatic rings. The van der Waals surface area contributed by atoms with Gasteiger partial charge in [-0.3, -0.25) is 0 Å². The lowest BCUT2D eigenvalue weighted by Crippen LogP contribution is -2.01. The van der Waals surface area contributed by atoms with Crippen LogP contribution in [-0.2, 0) is 13.2 Å². The van der Waals surface area contributed by atoms with Crippen LogP contribution < -0.4 is 10.1 Å². The first-order valence-corrected chi connectivity index (χ1v) is 9.82. The van der Waals surface area contributed by atoms with Gasteiger partial charge in [0.1, 0.15) is 12.4 Å². The molecule has 4 aromatic rings. The highest BCUT2D eigenvalue weighted by Gasteiger charge is 2.06. The Balaban J connectivity index is 1.39. The van der Waals surface area contributed by atoms with Gasteiger partial charge in [-0.25, -0.2) is 0 Å². The highest BCUT2D eigenvalue weighted by molar-refractivity contribution is 6.35. The van der Waals surface area contributed by atoms with E-state index in [1.165, 1.54) is 16.3 Å². The minimum Gasteiger partial charge on any atom is -0.489 e. The molecule has 4 rings (SSSR count). The summed E-state index contributed by atoms with van der Waals surface area (Å²) >= 11 is 12.4. The van der Waals surface area contributed by atoms with Gasteiger partial charge in [0.25, 0.3) is 0 Å². The average Bonchev–Trinajstić information content (AvgIpc) is 2.73. The first kappa shape index (κ1) is 18.7. The van der Waals surface area contributed by atoms with E-state index in [0.29, 0.717) is 16.7 Å². The molecule has 0 aliphatic heterocycles. The molecule has 0 aromatic heterocycles. The second-order valence-corrected chi connectivity index (χ2v) is 7.33.